The molecule has 1 aromatic heterocycles. The molecule has 0 spiro atoms. The van der Waals surface area contributed by atoms with Crippen molar-refractivity contribution >= 4 is 11.7 Å². The average molecular weight is 384 g/mol. The van der Waals surface area contributed by atoms with Crippen LogP contribution in [-0.2, 0) is 4.79 Å². The predicted molar refractivity (Wildman–Crippen MR) is 110 cm³/mol. The normalized spacial score (nSPS) is 14.9. The standard InChI is InChI=1S/C22H29FN4O/c1-3-5-14-26(4-2)22(28)18-12-15-27(16-13-18)21-11-10-20(24-25-21)17-6-8-19(23)9-7-17/h6-11,18H,3-5,12-16H2,1-2H3. The van der Waals surface area contributed by atoms with Crippen LogP contribution >= 0.6 is 0 Å². The van der Waals surface area contributed by atoms with Crippen LogP contribution in [-0.4, -0.2) is 47.2 Å². The van der Waals surface area contributed by atoms with Gasteiger partial charge in [0.05, 0.1) is 5.69 Å². The van der Waals surface area contributed by atoms with Crippen molar-refractivity contribution in [1.82, 2.24) is 15.1 Å². The number of anilines is 1. The highest BCUT2D eigenvalue weighted by Gasteiger charge is 2.28. The smallest absolute Gasteiger partial charge is 0.225 e. The van der Waals surface area contributed by atoms with Crippen LogP contribution in [0.15, 0.2) is 36.4 Å². The van der Waals surface area contributed by atoms with Gasteiger partial charge >= 0.3 is 0 Å². The summed E-state index contributed by atoms with van der Waals surface area (Å²) in [6.07, 6.45) is 3.87. The number of nitrogens with zero attached hydrogens (tertiary/aromatic N) is 4. The molecule has 28 heavy (non-hydrogen) atoms. The van der Waals surface area contributed by atoms with E-state index < -0.39 is 0 Å². The highest BCUT2D eigenvalue weighted by Crippen LogP contribution is 2.25. The fourth-order valence-electron chi connectivity index (χ4n) is 3.66. The Hall–Kier alpha value is -2.50. The van der Waals surface area contributed by atoms with Crippen molar-refractivity contribution in [3.8, 4) is 11.3 Å². The lowest BCUT2D eigenvalue weighted by Gasteiger charge is -2.34. The molecule has 2 heterocycles. The molecular weight excluding hydrogens is 355 g/mol. The highest BCUT2D eigenvalue weighted by molar-refractivity contribution is 5.79. The van der Waals surface area contributed by atoms with Crippen LogP contribution in [0.2, 0.25) is 0 Å². The van der Waals surface area contributed by atoms with E-state index >= 15 is 0 Å². The van der Waals surface area contributed by atoms with Gasteiger partial charge in [0.2, 0.25) is 5.91 Å². The highest BCUT2D eigenvalue weighted by atomic mass is 19.1. The molecule has 0 aliphatic carbocycles. The minimum Gasteiger partial charge on any atom is -0.355 e. The van der Waals surface area contributed by atoms with Crippen molar-refractivity contribution in [2.75, 3.05) is 31.1 Å². The minimum absolute atomic E-state index is 0.111. The molecule has 1 aliphatic rings. The first-order chi connectivity index (χ1) is 13.6. The number of benzene rings is 1. The van der Waals surface area contributed by atoms with Gasteiger partial charge in [0.15, 0.2) is 5.82 Å². The SMILES string of the molecule is CCCCN(CC)C(=O)C1CCN(c2ccc(-c3ccc(F)cc3)nn2)CC1. The van der Waals surface area contributed by atoms with E-state index in [-0.39, 0.29) is 11.7 Å². The van der Waals surface area contributed by atoms with Gasteiger partial charge in [0, 0.05) is 37.7 Å². The molecule has 0 N–H and O–H groups in total. The Morgan fingerprint density at radius 3 is 2.39 bits per heavy atom. The maximum atomic E-state index is 13.1. The first-order valence-electron chi connectivity index (χ1n) is 10.3. The lowest BCUT2D eigenvalue weighted by molar-refractivity contribution is -0.136. The van der Waals surface area contributed by atoms with Crippen LogP contribution in [0.25, 0.3) is 11.3 Å². The Morgan fingerprint density at radius 2 is 1.82 bits per heavy atom. The second-order valence-electron chi connectivity index (χ2n) is 7.32. The molecule has 1 fully saturated rings. The Labute approximate surface area is 166 Å². The zero-order chi connectivity index (χ0) is 19.9. The summed E-state index contributed by atoms with van der Waals surface area (Å²) < 4.78 is 13.1. The second kappa shape index (κ2) is 9.62. The largest absolute Gasteiger partial charge is 0.355 e. The summed E-state index contributed by atoms with van der Waals surface area (Å²) >= 11 is 0. The van der Waals surface area contributed by atoms with Gasteiger partial charge in [-0.15, -0.1) is 10.2 Å². The molecule has 1 aromatic carbocycles. The number of halogens is 1. The van der Waals surface area contributed by atoms with Crippen LogP contribution in [0.4, 0.5) is 10.2 Å². The Balaban J connectivity index is 1.57. The van der Waals surface area contributed by atoms with E-state index in [2.05, 4.69) is 28.9 Å². The van der Waals surface area contributed by atoms with Crippen molar-refractivity contribution in [1.29, 1.82) is 0 Å². The van der Waals surface area contributed by atoms with Crippen LogP contribution in [0.3, 0.4) is 0 Å². The molecule has 1 amide bonds. The molecule has 0 radical (unpaired) electrons. The van der Waals surface area contributed by atoms with Crippen molar-refractivity contribution in [2.45, 2.75) is 39.5 Å². The van der Waals surface area contributed by atoms with Gasteiger partial charge in [-0.2, -0.15) is 0 Å². The van der Waals surface area contributed by atoms with E-state index in [1.54, 1.807) is 12.1 Å². The molecule has 6 heteroatoms. The van der Waals surface area contributed by atoms with Crippen molar-refractivity contribution in [3.05, 3.63) is 42.2 Å². The summed E-state index contributed by atoms with van der Waals surface area (Å²) in [5.74, 6) is 0.977. The zero-order valence-corrected chi connectivity index (χ0v) is 16.8. The van der Waals surface area contributed by atoms with Crippen molar-refractivity contribution < 1.29 is 9.18 Å². The molecule has 1 aliphatic heterocycles. The summed E-state index contributed by atoms with van der Waals surface area (Å²) in [4.78, 5) is 16.9. The van der Waals surface area contributed by atoms with Gasteiger partial charge in [0.25, 0.3) is 0 Å². The number of aromatic nitrogens is 2. The maximum absolute atomic E-state index is 13.1. The first kappa shape index (κ1) is 20.2. The summed E-state index contributed by atoms with van der Waals surface area (Å²) in [7, 11) is 0. The molecule has 0 saturated carbocycles. The Morgan fingerprint density at radius 1 is 1.11 bits per heavy atom. The Kier molecular flexibility index (Phi) is 6.95. The molecule has 150 valence electrons. The molecule has 0 bridgehead atoms. The van der Waals surface area contributed by atoms with Gasteiger partial charge in [-0.3, -0.25) is 4.79 Å². The van der Waals surface area contributed by atoms with E-state index in [0.29, 0.717) is 5.91 Å². The predicted octanol–water partition coefficient (Wildman–Crippen LogP) is 4.15. The maximum Gasteiger partial charge on any atom is 0.225 e. The fourth-order valence-corrected chi connectivity index (χ4v) is 3.66. The molecule has 2 aromatic rings. The molecule has 3 rings (SSSR count). The van der Waals surface area contributed by atoms with Gasteiger partial charge < -0.3 is 9.80 Å². The average Bonchev–Trinajstić information content (AvgIpc) is 2.75. The monoisotopic (exact) mass is 384 g/mol. The molecular formula is C22H29FN4O. The molecule has 5 nitrogen and oxygen atoms in total. The topological polar surface area (TPSA) is 49.3 Å². The van der Waals surface area contributed by atoms with Crippen LogP contribution in [0.1, 0.15) is 39.5 Å². The van der Waals surface area contributed by atoms with Crippen LogP contribution < -0.4 is 4.90 Å². The van der Waals surface area contributed by atoms with E-state index in [1.807, 2.05) is 17.0 Å². The third kappa shape index (κ3) is 4.86. The summed E-state index contributed by atoms with van der Waals surface area (Å²) in [6, 6.07) is 10.1. The lowest BCUT2D eigenvalue weighted by atomic mass is 9.95. The zero-order valence-electron chi connectivity index (χ0n) is 16.8. The number of carbonyl (C=O) groups excluding carboxylic acids is 1. The summed E-state index contributed by atoms with van der Waals surface area (Å²) in [5.41, 5.74) is 1.57. The second-order valence-corrected chi connectivity index (χ2v) is 7.32. The lowest BCUT2D eigenvalue weighted by Crippen LogP contribution is -2.43. The third-order valence-electron chi connectivity index (χ3n) is 5.43. The number of piperidine rings is 1. The molecule has 0 unspecified atom stereocenters. The Bertz CT molecular complexity index is 755. The van der Waals surface area contributed by atoms with Gasteiger partial charge in [-0.25, -0.2) is 4.39 Å². The fraction of sp³-hybridized carbons (Fsp3) is 0.500. The van der Waals surface area contributed by atoms with Crippen molar-refractivity contribution in [2.24, 2.45) is 5.92 Å². The first-order valence-corrected chi connectivity index (χ1v) is 10.3. The number of rotatable bonds is 7. The quantitative estimate of drug-likeness (QED) is 0.720. The van der Waals surface area contributed by atoms with Gasteiger partial charge in [-0.05, 0) is 62.6 Å². The number of unbranched alkanes of at least 4 members (excludes halogenated alkanes) is 1. The third-order valence-corrected chi connectivity index (χ3v) is 5.43. The van der Waals surface area contributed by atoms with Gasteiger partial charge in [0.1, 0.15) is 5.82 Å². The van der Waals surface area contributed by atoms with E-state index in [1.165, 1.54) is 12.1 Å². The summed E-state index contributed by atoms with van der Waals surface area (Å²) in [5, 5.41) is 8.64. The number of amides is 1. The minimum atomic E-state index is -0.262. The van der Waals surface area contributed by atoms with E-state index in [4.69, 9.17) is 0 Å². The number of hydrogen-bond donors (Lipinski definition) is 0. The van der Waals surface area contributed by atoms with Gasteiger partial charge in [-0.1, -0.05) is 13.3 Å². The molecule has 0 atom stereocenters. The number of carbonyl (C=O) groups is 1. The van der Waals surface area contributed by atoms with Crippen LogP contribution in [0, 0.1) is 11.7 Å². The summed E-state index contributed by atoms with van der Waals surface area (Å²) in [6.45, 7) is 7.48. The number of hydrogen-bond acceptors (Lipinski definition) is 4. The van der Waals surface area contributed by atoms with E-state index in [9.17, 15) is 9.18 Å². The van der Waals surface area contributed by atoms with E-state index in [0.717, 1.165) is 68.9 Å². The molecule has 1 saturated heterocycles. The van der Waals surface area contributed by atoms with Crippen LogP contribution in [0.5, 0.6) is 0 Å². The van der Waals surface area contributed by atoms with Crippen molar-refractivity contribution in [3.63, 3.8) is 0 Å².